The molecule has 0 spiro atoms. The molecule has 0 atom stereocenters. The van der Waals surface area contributed by atoms with Crippen molar-refractivity contribution in [2.75, 3.05) is 6.54 Å². The number of hydrogen-bond acceptors (Lipinski definition) is 3. The first-order chi connectivity index (χ1) is 6.93. The molecular weight excluding hydrogens is 217 g/mol. The molecule has 1 aromatic carbocycles. The summed E-state index contributed by atoms with van der Waals surface area (Å²) in [6, 6.07) is 5.93. The maximum Gasteiger partial charge on any atom is 0.356 e. The van der Waals surface area contributed by atoms with E-state index in [1.807, 2.05) is 6.92 Å². The second-order valence-corrected chi connectivity index (χ2v) is 4.80. The van der Waals surface area contributed by atoms with E-state index in [-0.39, 0.29) is 5.30 Å². The van der Waals surface area contributed by atoms with Crippen molar-refractivity contribution in [3.63, 3.8) is 0 Å². The molecule has 0 radical (unpaired) electrons. The highest BCUT2D eigenvalue weighted by molar-refractivity contribution is 7.60. The van der Waals surface area contributed by atoms with Crippen LogP contribution < -0.4 is 5.30 Å². The van der Waals surface area contributed by atoms with Crippen LogP contribution >= 0.6 is 7.60 Å². The van der Waals surface area contributed by atoms with Gasteiger partial charge >= 0.3 is 7.60 Å². The van der Waals surface area contributed by atoms with Gasteiger partial charge in [0.15, 0.2) is 0 Å². The Kier molecular flexibility index (Phi) is 4.02. The van der Waals surface area contributed by atoms with Crippen LogP contribution in [0.25, 0.3) is 0 Å². The normalized spacial score (nSPS) is 12.1. The second-order valence-electron chi connectivity index (χ2n) is 3.19. The van der Waals surface area contributed by atoms with Crippen LogP contribution in [0.15, 0.2) is 24.3 Å². The summed E-state index contributed by atoms with van der Waals surface area (Å²) in [5.74, 6) is 0. The van der Waals surface area contributed by atoms with E-state index >= 15 is 0 Å². The van der Waals surface area contributed by atoms with Gasteiger partial charge in [-0.2, -0.15) is 5.06 Å². The van der Waals surface area contributed by atoms with Crippen LogP contribution in [0, 0.1) is 0 Å². The molecule has 0 fully saturated rings. The van der Waals surface area contributed by atoms with Crippen molar-refractivity contribution in [1.82, 2.24) is 5.06 Å². The van der Waals surface area contributed by atoms with Crippen LogP contribution in [0.1, 0.15) is 12.5 Å². The third kappa shape index (κ3) is 3.74. The molecule has 5 nitrogen and oxygen atoms in total. The van der Waals surface area contributed by atoms with Gasteiger partial charge in [-0.25, -0.2) is 0 Å². The Morgan fingerprint density at radius 3 is 2.20 bits per heavy atom. The molecule has 0 aromatic heterocycles. The molecule has 1 rings (SSSR count). The molecule has 0 aliphatic heterocycles. The molecular formula is C9H14NO4P. The van der Waals surface area contributed by atoms with Crippen LogP contribution in [0.2, 0.25) is 0 Å². The van der Waals surface area contributed by atoms with Crippen LogP contribution in [0.5, 0.6) is 0 Å². The van der Waals surface area contributed by atoms with Gasteiger partial charge in [0.05, 0.1) is 5.30 Å². The fraction of sp³-hybridized carbons (Fsp3) is 0.333. The average molecular weight is 231 g/mol. The lowest BCUT2D eigenvalue weighted by atomic mass is 10.2. The van der Waals surface area contributed by atoms with E-state index in [0.717, 1.165) is 10.6 Å². The standard InChI is InChI=1S/C9H14NO4P/c1-2-10(11)7-8-3-5-9(6-4-8)15(12,13)14/h3-6,11H,2,7H2,1H3,(H2,12,13,14). The zero-order valence-electron chi connectivity index (χ0n) is 8.37. The maximum absolute atomic E-state index is 10.9. The minimum Gasteiger partial charge on any atom is -0.321 e. The summed E-state index contributed by atoms with van der Waals surface area (Å²) >= 11 is 0. The summed E-state index contributed by atoms with van der Waals surface area (Å²) in [6.45, 7) is 2.65. The smallest absolute Gasteiger partial charge is 0.321 e. The number of hydrogen-bond donors (Lipinski definition) is 3. The molecule has 0 heterocycles. The van der Waals surface area contributed by atoms with E-state index in [1.165, 1.54) is 12.1 Å². The van der Waals surface area contributed by atoms with Crippen molar-refractivity contribution in [2.24, 2.45) is 0 Å². The molecule has 0 unspecified atom stereocenters. The lowest BCUT2D eigenvalue weighted by Gasteiger charge is -2.12. The SMILES string of the molecule is CCN(O)Cc1ccc(P(=O)(O)O)cc1. The van der Waals surface area contributed by atoms with Gasteiger partial charge in [0, 0.05) is 13.1 Å². The highest BCUT2D eigenvalue weighted by Gasteiger charge is 2.16. The largest absolute Gasteiger partial charge is 0.356 e. The Hall–Kier alpha value is -0.710. The number of hydroxylamine groups is 2. The van der Waals surface area contributed by atoms with Crippen molar-refractivity contribution in [2.45, 2.75) is 13.5 Å². The first-order valence-electron chi connectivity index (χ1n) is 4.52. The number of benzene rings is 1. The predicted octanol–water partition coefficient (Wildman–Crippen LogP) is 0.701. The minimum absolute atomic E-state index is 0.00719. The molecule has 0 saturated heterocycles. The third-order valence-electron chi connectivity index (χ3n) is 2.00. The first kappa shape index (κ1) is 12.4. The summed E-state index contributed by atoms with van der Waals surface area (Å²) in [4.78, 5) is 17.7. The summed E-state index contributed by atoms with van der Waals surface area (Å²) in [5.41, 5.74) is 0.802. The van der Waals surface area contributed by atoms with E-state index in [2.05, 4.69) is 0 Å². The zero-order chi connectivity index (χ0) is 11.5. The van der Waals surface area contributed by atoms with Crippen molar-refractivity contribution >= 4 is 12.9 Å². The molecule has 1 aromatic rings. The first-order valence-corrected chi connectivity index (χ1v) is 6.13. The summed E-state index contributed by atoms with van der Waals surface area (Å²) in [5, 5.41) is 10.3. The van der Waals surface area contributed by atoms with Gasteiger partial charge in [-0.05, 0) is 17.7 Å². The predicted molar refractivity (Wildman–Crippen MR) is 56.0 cm³/mol. The van der Waals surface area contributed by atoms with Gasteiger partial charge in [0.2, 0.25) is 0 Å². The monoisotopic (exact) mass is 231 g/mol. The van der Waals surface area contributed by atoms with Gasteiger partial charge in [-0.1, -0.05) is 19.1 Å². The van der Waals surface area contributed by atoms with Crippen molar-refractivity contribution in [3.05, 3.63) is 29.8 Å². The molecule has 0 saturated carbocycles. The zero-order valence-corrected chi connectivity index (χ0v) is 9.26. The lowest BCUT2D eigenvalue weighted by Crippen LogP contribution is -2.18. The Morgan fingerprint density at radius 1 is 1.27 bits per heavy atom. The average Bonchev–Trinajstić information content (AvgIpc) is 2.17. The molecule has 3 N–H and O–H groups in total. The van der Waals surface area contributed by atoms with E-state index in [1.54, 1.807) is 12.1 Å². The second kappa shape index (κ2) is 4.88. The molecule has 0 amide bonds. The van der Waals surface area contributed by atoms with Crippen LogP contribution in [-0.4, -0.2) is 26.6 Å². The number of rotatable bonds is 4. The van der Waals surface area contributed by atoms with Gasteiger partial charge < -0.3 is 15.0 Å². The maximum atomic E-state index is 10.9. The van der Waals surface area contributed by atoms with Gasteiger partial charge in [0.25, 0.3) is 0 Å². The minimum atomic E-state index is -4.16. The Labute approximate surface area is 88.1 Å². The van der Waals surface area contributed by atoms with Gasteiger partial charge in [0.1, 0.15) is 0 Å². The Morgan fingerprint density at radius 2 is 1.80 bits per heavy atom. The fourth-order valence-corrected chi connectivity index (χ4v) is 1.66. The van der Waals surface area contributed by atoms with Gasteiger partial charge in [-0.3, -0.25) is 4.57 Å². The highest BCUT2D eigenvalue weighted by Crippen LogP contribution is 2.32. The van der Waals surface area contributed by atoms with Crippen LogP contribution in [0.4, 0.5) is 0 Å². The molecule has 84 valence electrons. The van der Waals surface area contributed by atoms with Crippen LogP contribution in [0.3, 0.4) is 0 Å². The van der Waals surface area contributed by atoms with E-state index in [0.29, 0.717) is 13.1 Å². The topological polar surface area (TPSA) is 81.0 Å². The molecule has 6 heteroatoms. The summed E-state index contributed by atoms with van der Waals surface area (Å²) in [7, 11) is -4.16. The van der Waals surface area contributed by atoms with Crippen molar-refractivity contribution in [3.8, 4) is 0 Å². The summed E-state index contributed by atoms with van der Waals surface area (Å²) in [6.07, 6.45) is 0. The number of nitrogens with zero attached hydrogens (tertiary/aromatic N) is 1. The van der Waals surface area contributed by atoms with E-state index < -0.39 is 7.60 Å². The highest BCUT2D eigenvalue weighted by atomic mass is 31.2. The summed E-state index contributed by atoms with van der Waals surface area (Å²) < 4.78 is 10.9. The quantitative estimate of drug-likeness (QED) is 0.525. The Balaban J connectivity index is 2.77. The molecule has 15 heavy (non-hydrogen) atoms. The van der Waals surface area contributed by atoms with Gasteiger partial charge in [-0.15, -0.1) is 0 Å². The van der Waals surface area contributed by atoms with E-state index in [4.69, 9.17) is 9.79 Å². The van der Waals surface area contributed by atoms with E-state index in [9.17, 15) is 9.77 Å². The Bertz CT molecular complexity index is 359. The van der Waals surface area contributed by atoms with Crippen molar-refractivity contribution in [1.29, 1.82) is 0 Å². The third-order valence-corrected chi connectivity index (χ3v) is 2.97. The lowest BCUT2D eigenvalue weighted by molar-refractivity contribution is -0.0946. The fourth-order valence-electron chi connectivity index (χ4n) is 1.12. The molecule has 0 aliphatic rings. The molecule has 0 aliphatic carbocycles. The van der Waals surface area contributed by atoms with Crippen LogP contribution in [-0.2, 0) is 11.1 Å². The molecule has 0 bridgehead atoms. The van der Waals surface area contributed by atoms with Crippen molar-refractivity contribution < 1.29 is 19.6 Å².